The van der Waals surface area contributed by atoms with Crippen LogP contribution in [0.4, 0.5) is 5.13 Å². The van der Waals surface area contributed by atoms with E-state index in [1.165, 1.54) is 24.2 Å². The van der Waals surface area contributed by atoms with Crippen LogP contribution in [0.3, 0.4) is 0 Å². The molecule has 1 atom stereocenters. The third-order valence-electron chi connectivity index (χ3n) is 3.66. The second-order valence-electron chi connectivity index (χ2n) is 5.28. The molecule has 1 aliphatic rings. The van der Waals surface area contributed by atoms with Crippen LogP contribution in [0.2, 0.25) is 0 Å². The van der Waals surface area contributed by atoms with E-state index >= 15 is 0 Å². The molecule has 1 aromatic rings. The number of likely N-dealkylation sites (tertiary alicyclic amines) is 1. The van der Waals surface area contributed by atoms with Gasteiger partial charge in [-0.2, -0.15) is 0 Å². The molecule has 0 radical (unpaired) electrons. The fourth-order valence-corrected chi connectivity index (χ4v) is 3.18. The molecule has 21 heavy (non-hydrogen) atoms. The molecule has 1 aromatic heterocycles. The van der Waals surface area contributed by atoms with Crippen LogP contribution in [0, 0.1) is 5.92 Å². The van der Waals surface area contributed by atoms with Crippen LogP contribution < -0.4 is 5.32 Å². The molecule has 0 spiro atoms. The Morgan fingerprint density at radius 2 is 2.19 bits per heavy atom. The molecular formula is C14H22N4O2S. The Morgan fingerprint density at radius 3 is 2.86 bits per heavy atom. The number of nitrogens with one attached hydrogen (secondary N) is 1. The first kappa shape index (κ1) is 15.9. The first-order valence-corrected chi connectivity index (χ1v) is 8.36. The minimum Gasteiger partial charge on any atom is -0.342 e. The van der Waals surface area contributed by atoms with Gasteiger partial charge in [-0.05, 0) is 13.3 Å². The predicted molar refractivity (Wildman–Crippen MR) is 82.1 cm³/mol. The van der Waals surface area contributed by atoms with Gasteiger partial charge >= 0.3 is 0 Å². The number of hydrogen-bond donors (Lipinski definition) is 1. The van der Waals surface area contributed by atoms with Crippen LogP contribution >= 0.6 is 11.3 Å². The van der Waals surface area contributed by atoms with Gasteiger partial charge in [-0.15, -0.1) is 10.2 Å². The van der Waals surface area contributed by atoms with Gasteiger partial charge < -0.3 is 10.2 Å². The van der Waals surface area contributed by atoms with E-state index in [1.807, 2.05) is 6.92 Å². The van der Waals surface area contributed by atoms with Crippen molar-refractivity contribution in [2.75, 3.05) is 18.4 Å². The highest BCUT2D eigenvalue weighted by atomic mass is 32.1. The van der Waals surface area contributed by atoms with Crippen LogP contribution in [0.5, 0.6) is 0 Å². The largest absolute Gasteiger partial charge is 0.342 e. The molecular weight excluding hydrogens is 288 g/mol. The maximum atomic E-state index is 12.1. The quantitative estimate of drug-likeness (QED) is 0.782. The van der Waals surface area contributed by atoms with Crippen molar-refractivity contribution >= 4 is 28.3 Å². The highest BCUT2D eigenvalue weighted by Crippen LogP contribution is 2.22. The molecule has 0 saturated carbocycles. The monoisotopic (exact) mass is 310 g/mol. The van der Waals surface area contributed by atoms with Gasteiger partial charge in [0.1, 0.15) is 5.01 Å². The van der Waals surface area contributed by atoms with Gasteiger partial charge in [0.15, 0.2) is 0 Å². The van der Waals surface area contributed by atoms with Gasteiger partial charge in [-0.3, -0.25) is 9.59 Å². The van der Waals surface area contributed by atoms with Crippen LogP contribution in [-0.4, -0.2) is 40.0 Å². The Morgan fingerprint density at radius 1 is 1.38 bits per heavy atom. The third-order valence-corrected chi connectivity index (χ3v) is 4.56. The summed E-state index contributed by atoms with van der Waals surface area (Å²) in [7, 11) is 0. The van der Waals surface area contributed by atoms with Crippen molar-refractivity contribution in [3.63, 3.8) is 0 Å². The molecule has 6 nitrogen and oxygen atoms in total. The summed E-state index contributed by atoms with van der Waals surface area (Å²) < 4.78 is 0. The summed E-state index contributed by atoms with van der Waals surface area (Å²) in [6, 6.07) is 0. The lowest BCUT2D eigenvalue weighted by Gasteiger charge is -2.12. The summed E-state index contributed by atoms with van der Waals surface area (Å²) >= 11 is 1.43. The van der Waals surface area contributed by atoms with Gasteiger partial charge in [-0.25, -0.2) is 0 Å². The van der Waals surface area contributed by atoms with Crippen molar-refractivity contribution in [2.45, 2.75) is 46.0 Å². The van der Waals surface area contributed by atoms with Gasteiger partial charge in [0.25, 0.3) is 0 Å². The number of anilines is 1. The number of aryl methyl sites for hydroxylation is 1. The number of carbonyl (C=O) groups is 2. The normalized spacial score (nSPS) is 18.3. The second kappa shape index (κ2) is 7.49. The zero-order chi connectivity index (χ0) is 15.2. The molecule has 116 valence electrons. The molecule has 1 saturated heterocycles. The minimum absolute atomic E-state index is 0.0511. The van der Waals surface area contributed by atoms with E-state index in [2.05, 4.69) is 22.4 Å². The van der Waals surface area contributed by atoms with Gasteiger partial charge in [-0.1, -0.05) is 31.1 Å². The van der Waals surface area contributed by atoms with Gasteiger partial charge in [0.2, 0.25) is 16.9 Å². The average Bonchev–Trinajstić information content (AvgIpc) is 3.05. The lowest BCUT2D eigenvalue weighted by Crippen LogP contribution is -2.28. The molecule has 0 aliphatic carbocycles. The van der Waals surface area contributed by atoms with E-state index in [1.54, 1.807) is 4.90 Å². The van der Waals surface area contributed by atoms with E-state index in [9.17, 15) is 9.59 Å². The molecule has 1 N–H and O–H groups in total. The standard InChI is InChI=1S/C14H22N4O2S/c1-3-5-6-7-11-16-17-14(21-11)15-13(20)10-8-12(19)18(4-2)9-10/h10H,3-9H2,1-2H3,(H,15,17,20). The molecule has 7 heteroatoms. The van der Waals surface area contributed by atoms with E-state index in [-0.39, 0.29) is 17.7 Å². The van der Waals surface area contributed by atoms with Crippen LogP contribution in [0.15, 0.2) is 0 Å². The van der Waals surface area contributed by atoms with E-state index < -0.39 is 0 Å². The SMILES string of the molecule is CCCCCc1nnc(NC(=O)C2CC(=O)N(CC)C2)s1. The zero-order valence-corrected chi connectivity index (χ0v) is 13.4. The average molecular weight is 310 g/mol. The third kappa shape index (κ3) is 4.23. The number of amides is 2. The second-order valence-corrected chi connectivity index (χ2v) is 6.34. The molecule has 2 heterocycles. The van der Waals surface area contributed by atoms with Crippen molar-refractivity contribution < 1.29 is 9.59 Å². The summed E-state index contributed by atoms with van der Waals surface area (Å²) in [4.78, 5) is 25.5. The fraction of sp³-hybridized carbons (Fsp3) is 0.714. The number of aromatic nitrogens is 2. The molecule has 1 aliphatic heterocycles. The number of carbonyl (C=O) groups excluding carboxylic acids is 2. The first-order valence-electron chi connectivity index (χ1n) is 7.55. The number of rotatable bonds is 7. The van der Waals surface area contributed by atoms with Crippen LogP contribution in [0.25, 0.3) is 0 Å². The number of hydrogen-bond acceptors (Lipinski definition) is 5. The van der Waals surface area contributed by atoms with Crippen LogP contribution in [-0.2, 0) is 16.0 Å². The maximum Gasteiger partial charge on any atom is 0.231 e. The highest BCUT2D eigenvalue weighted by molar-refractivity contribution is 7.15. The molecule has 2 rings (SSSR count). The summed E-state index contributed by atoms with van der Waals surface area (Å²) in [5, 5.41) is 12.4. The minimum atomic E-state index is -0.273. The molecule has 2 amide bonds. The summed E-state index contributed by atoms with van der Waals surface area (Å²) in [5.74, 6) is -0.351. The molecule has 1 unspecified atom stereocenters. The topological polar surface area (TPSA) is 75.2 Å². The van der Waals surface area contributed by atoms with Crippen molar-refractivity contribution in [2.24, 2.45) is 5.92 Å². The Kier molecular flexibility index (Phi) is 5.67. The van der Waals surface area contributed by atoms with Crippen LogP contribution in [0.1, 0.15) is 44.5 Å². The Hall–Kier alpha value is -1.50. The maximum absolute atomic E-state index is 12.1. The summed E-state index contributed by atoms with van der Waals surface area (Å²) in [6.07, 6.45) is 4.65. The molecule has 0 aromatic carbocycles. The number of nitrogens with zero attached hydrogens (tertiary/aromatic N) is 3. The lowest BCUT2D eigenvalue weighted by molar-refractivity contribution is -0.128. The smallest absolute Gasteiger partial charge is 0.231 e. The van der Waals surface area contributed by atoms with Gasteiger partial charge in [0.05, 0.1) is 5.92 Å². The van der Waals surface area contributed by atoms with Crippen molar-refractivity contribution in [1.29, 1.82) is 0 Å². The van der Waals surface area contributed by atoms with E-state index in [0.717, 1.165) is 17.8 Å². The Balaban J connectivity index is 1.84. The van der Waals surface area contributed by atoms with E-state index in [0.29, 0.717) is 24.6 Å². The van der Waals surface area contributed by atoms with Crippen molar-refractivity contribution in [3.8, 4) is 0 Å². The summed E-state index contributed by atoms with van der Waals surface area (Å²) in [6.45, 7) is 5.24. The fourth-order valence-electron chi connectivity index (χ4n) is 2.39. The van der Waals surface area contributed by atoms with Crippen molar-refractivity contribution in [3.05, 3.63) is 5.01 Å². The summed E-state index contributed by atoms with van der Waals surface area (Å²) in [5.41, 5.74) is 0. The van der Waals surface area contributed by atoms with E-state index in [4.69, 9.17) is 0 Å². The molecule has 0 bridgehead atoms. The predicted octanol–water partition coefficient (Wildman–Crippen LogP) is 2.08. The Labute approximate surface area is 128 Å². The Bertz CT molecular complexity index is 503. The number of unbranched alkanes of at least 4 members (excludes halogenated alkanes) is 2. The van der Waals surface area contributed by atoms with Gasteiger partial charge in [0, 0.05) is 25.9 Å². The lowest BCUT2D eigenvalue weighted by atomic mass is 10.1. The molecule has 1 fully saturated rings. The first-order chi connectivity index (χ1) is 10.1. The van der Waals surface area contributed by atoms with Crippen molar-refractivity contribution in [1.82, 2.24) is 15.1 Å². The zero-order valence-electron chi connectivity index (χ0n) is 12.6. The highest BCUT2D eigenvalue weighted by Gasteiger charge is 2.33.